The summed E-state index contributed by atoms with van der Waals surface area (Å²) in [7, 11) is 0. The monoisotopic (exact) mass is 223 g/mol. The van der Waals surface area contributed by atoms with E-state index in [1.54, 1.807) is 0 Å². The van der Waals surface area contributed by atoms with E-state index in [2.05, 4.69) is 4.84 Å². The largest absolute Gasteiger partial charge is 0.297 e. The summed E-state index contributed by atoms with van der Waals surface area (Å²) in [5.74, 6) is 0. The standard InChI is InChI=1S/C8H8Cl3N/c1-4-3-6(12-11)8(10)5(2)7(4)9/h3,12H,1-2H3. The lowest BCUT2D eigenvalue weighted by Gasteiger charge is -2.09. The molecule has 1 aromatic rings. The molecule has 4 heteroatoms. The molecule has 0 unspecified atom stereocenters. The molecule has 0 fully saturated rings. The van der Waals surface area contributed by atoms with Crippen molar-refractivity contribution in [2.45, 2.75) is 13.8 Å². The molecule has 0 spiro atoms. The van der Waals surface area contributed by atoms with Crippen molar-refractivity contribution in [1.82, 2.24) is 0 Å². The van der Waals surface area contributed by atoms with Crippen LogP contribution in [0.2, 0.25) is 10.0 Å². The van der Waals surface area contributed by atoms with Gasteiger partial charge in [0.2, 0.25) is 0 Å². The lowest BCUT2D eigenvalue weighted by Crippen LogP contribution is -1.89. The van der Waals surface area contributed by atoms with Crippen LogP contribution in [0.5, 0.6) is 0 Å². The summed E-state index contributed by atoms with van der Waals surface area (Å²) in [4.78, 5) is 2.49. The van der Waals surface area contributed by atoms with Crippen molar-refractivity contribution in [1.29, 1.82) is 0 Å². The molecule has 1 nitrogen and oxygen atoms in total. The molecule has 0 aliphatic heterocycles. The lowest BCUT2D eigenvalue weighted by atomic mass is 10.1. The van der Waals surface area contributed by atoms with E-state index < -0.39 is 0 Å². The zero-order chi connectivity index (χ0) is 9.30. The van der Waals surface area contributed by atoms with Crippen LogP contribution in [0.3, 0.4) is 0 Å². The molecule has 0 aromatic heterocycles. The van der Waals surface area contributed by atoms with Gasteiger partial charge in [0.05, 0.1) is 10.7 Å². The van der Waals surface area contributed by atoms with Gasteiger partial charge in [-0.05, 0) is 31.0 Å². The van der Waals surface area contributed by atoms with E-state index in [0.29, 0.717) is 15.7 Å². The number of halogens is 3. The van der Waals surface area contributed by atoms with Crippen LogP contribution in [0.15, 0.2) is 6.07 Å². The Hall–Kier alpha value is -0.110. The predicted octanol–water partition coefficient (Wildman–Crippen LogP) is 4.18. The van der Waals surface area contributed by atoms with E-state index in [4.69, 9.17) is 35.0 Å². The first-order chi connectivity index (χ1) is 5.57. The molecule has 0 amide bonds. The molecule has 0 atom stereocenters. The second kappa shape index (κ2) is 3.73. The number of benzene rings is 1. The average molecular weight is 225 g/mol. The molecule has 1 rings (SSSR count). The molecule has 0 saturated carbocycles. The number of rotatable bonds is 1. The van der Waals surface area contributed by atoms with Gasteiger partial charge >= 0.3 is 0 Å². The topological polar surface area (TPSA) is 12.0 Å². The molecule has 0 aliphatic carbocycles. The van der Waals surface area contributed by atoms with Crippen LogP contribution in [0.4, 0.5) is 5.69 Å². The highest BCUT2D eigenvalue weighted by Gasteiger charge is 2.08. The van der Waals surface area contributed by atoms with Crippen molar-refractivity contribution in [3.63, 3.8) is 0 Å². The molecule has 1 N–H and O–H groups in total. The quantitative estimate of drug-likeness (QED) is 0.706. The van der Waals surface area contributed by atoms with Gasteiger partial charge in [-0.2, -0.15) is 0 Å². The van der Waals surface area contributed by atoms with Gasteiger partial charge < -0.3 is 0 Å². The van der Waals surface area contributed by atoms with E-state index >= 15 is 0 Å². The molecular weight excluding hydrogens is 216 g/mol. The van der Waals surface area contributed by atoms with E-state index in [1.807, 2.05) is 19.9 Å². The minimum absolute atomic E-state index is 0.570. The molecule has 66 valence electrons. The Morgan fingerprint density at radius 1 is 1.17 bits per heavy atom. The van der Waals surface area contributed by atoms with E-state index in [0.717, 1.165) is 11.1 Å². The molecule has 12 heavy (non-hydrogen) atoms. The molecule has 0 saturated heterocycles. The zero-order valence-electron chi connectivity index (χ0n) is 6.71. The SMILES string of the molecule is Cc1cc(NCl)c(Cl)c(C)c1Cl. The Balaban J connectivity index is 3.39. The van der Waals surface area contributed by atoms with Crippen LogP contribution in [-0.2, 0) is 0 Å². The van der Waals surface area contributed by atoms with Gasteiger partial charge in [0.25, 0.3) is 0 Å². The summed E-state index contributed by atoms with van der Waals surface area (Å²) in [5, 5.41) is 1.26. The van der Waals surface area contributed by atoms with Crippen molar-refractivity contribution in [2.75, 3.05) is 4.84 Å². The summed E-state index contributed by atoms with van der Waals surface area (Å²) >= 11 is 17.3. The van der Waals surface area contributed by atoms with Crippen molar-refractivity contribution in [3.8, 4) is 0 Å². The molecular formula is C8H8Cl3N. The number of hydrogen-bond donors (Lipinski definition) is 1. The van der Waals surface area contributed by atoms with Crippen LogP contribution in [0.25, 0.3) is 0 Å². The zero-order valence-corrected chi connectivity index (χ0v) is 8.98. The number of anilines is 1. The van der Waals surface area contributed by atoms with Crippen molar-refractivity contribution >= 4 is 40.7 Å². The average Bonchev–Trinajstić information content (AvgIpc) is 2.08. The van der Waals surface area contributed by atoms with E-state index in [-0.39, 0.29) is 0 Å². The fourth-order valence-electron chi connectivity index (χ4n) is 1.01. The second-order valence-corrected chi connectivity index (χ2v) is 3.53. The fourth-order valence-corrected chi connectivity index (χ4v) is 1.60. The highest BCUT2D eigenvalue weighted by Crippen LogP contribution is 2.33. The number of hydrogen-bond acceptors (Lipinski definition) is 1. The van der Waals surface area contributed by atoms with Gasteiger partial charge in [-0.1, -0.05) is 23.2 Å². The second-order valence-electron chi connectivity index (χ2n) is 2.59. The summed E-state index contributed by atoms with van der Waals surface area (Å²) in [5.41, 5.74) is 2.50. The van der Waals surface area contributed by atoms with Gasteiger partial charge in [0, 0.05) is 16.8 Å². The van der Waals surface area contributed by atoms with Crippen LogP contribution in [0.1, 0.15) is 11.1 Å². The van der Waals surface area contributed by atoms with E-state index in [9.17, 15) is 0 Å². The lowest BCUT2D eigenvalue weighted by molar-refractivity contribution is 1.38. The van der Waals surface area contributed by atoms with Crippen molar-refractivity contribution in [3.05, 3.63) is 27.2 Å². The normalized spacial score (nSPS) is 10.1. The maximum absolute atomic E-state index is 5.96. The van der Waals surface area contributed by atoms with Crippen molar-refractivity contribution < 1.29 is 0 Å². The number of nitrogens with one attached hydrogen (secondary N) is 1. The Morgan fingerprint density at radius 2 is 1.75 bits per heavy atom. The number of aryl methyl sites for hydroxylation is 1. The van der Waals surface area contributed by atoms with Crippen LogP contribution >= 0.6 is 35.0 Å². The minimum atomic E-state index is 0.570. The van der Waals surface area contributed by atoms with Gasteiger partial charge in [-0.3, -0.25) is 4.84 Å². The van der Waals surface area contributed by atoms with Gasteiger partial charge in [0.1, 0.15) is 0 Å². The Bertz CT molecular complexity index is 310. The summed E-state index contributed by atoms with van der Waals surface area (Å²) in [6, 6.07) is 1.81. The Labute approximate surface area is 86.7 Å². The first kappa shape index (κ1) is 9.97. The van der Waals surface area contributed by atoms with E-state index in [1.165, 1.54) is 0 Å². The third-order valence-corrected chi connectivity index (χ3v) is 2.98. The Kier molecular flexibility index (Phi) is 3.10. The minimum Gasteiger partial charge on any atom is -0.297 e. The van der Waals surface area contributed by atoms with Crippen LogP contribution in [0, 0.1) is 13.8 Å². The van der Waals surface area contributed by atoms with Gasteiger partial charge in [-0.15, -0.1) is 0 Å². The van der Waals surface area contributed by atoms with Gasteiger partial charge in [-0.25, -0.2) is 0 Å². The summed E-state index contributed by atoms with van der Waals surface area (Å²) < 4.78 is 0. The molecule has 0 aliphatic rings. The smallest absolute Gasteiger partial charge is 0.0693 e. The maximum Gasteiger partial charge on any atom is 0.0693 e. The first-order valence-corrected chi connectivity index (χ1v) is 4.53. The summed E-state index contributed by atoms with van der Waals surface area (Å²) in [6.45, 7) is 3.76. The highest BCUT2D eigenvalue weighted by atomic mass is 35.5. The van der Waals surface area contributed by atoms with Crippen LogP contribution < -0.4 is 4.84 Å². The first-order valence-electron chi connectivity index (χ1n) is 3.39. The molecule has 0 heterocycles. The summed E-state index contributed by atoms with van der Waals surface area (Å²) in [6.07, 6.45) is 0. The maximum atomic E-state index is 5.96. The molecule has 0 bridgehead atoms. The Morgan fingerprint density at radius 3 is 2.25 bits per heavy atom. The van der Waals surface area contributed by atoms with Crippen molar-refractivity contribution in [2.24, 2.45) is 0 Å². The highest BCUT2D eigenvalue weighted by molar-refractivity contribution is 6.39. The third kappa shape index (κ3) is 1.63. The third-order valence-electron chi connectivity index (χ3n) is 1.70. The predicted molar refractivity (Wildman–Crippen MR) is 55.4 cm³/mol. The fraction of sp³-hybridized carbons (Fsp3) is 0.250. The van der Waals surface area contributed by atoms with Crippen LogP contribution in [-0.4, -0.2) is 0 Å². The molecule has 1 aromatic carbocycles. The van der Waals surface area contributed by atoms with Gasteiger partial charge in [0.15, 0.2) is 0 Å². The molecule has 0 radical (unpaired) electrons.